The molecule has 0 aliphatic carbocycles. The van der Waals surface area contributed by atoms with Gasteiger partial charge in [0, 0.05) is 17.3 Å². The lowest BCUT2D eigenvalue weighted by Crippen LogP contribution is -1.98. The lowest BCUT2D eigenvalue weighted by molar-refractivity contribution is 0.0990. The molecule has 0 aliphatic heterocycles. The van der Waals surface area contributed by atoms with E-state index in [1.165, 1.54) is 5.56 Å². The van der Waals surface area contributed by atoms with E-state index in [4.69, 9.17) is 0 Å². The number of Topliss-reactive ketones (excluding diaryl/α,β-unsaturated/α-hetero) is 1. The Morgan fingerprint density at radius 1 is 1.33 bits per heavy atom. The number of rotatable bonds is 3. The molecular formula is C10H11BrO. The second-order valence-electron chi connectivity index (χ2n) is 2.73. The Morgan fingerprint density at radius 3 is 2.42 bits per heavy atom. The average Bonchev–Trinajstić information content (AvgIpc) is 2.06. The average molecular weight is 227 g/mol. The second kappa shape index (κ2) is 4.41. The molecule has 1 rings (SSSR count). The maximum absolute atomic E-state index is 11.3. The summed E-state index contributed by atoms with van der Waals surface area (Å²) in [5.74, 6) is 0.201. The number of hydrogen-bond donors (Lipinski definition) is 0. The summed E-state index contributed by atoms with van der Waals surface area (Å²) in [6, 6.07) is 7.67. The van der Waals surface area contributed by atoms with E-state index in [2.05, 4.69) is 15.9 Å². The monoisotopic (exact) mass is 226 g/mol. The van der Waals surface area contributed by atoms with Crippen molar-refractivity contribution in [2.75, 3.05) is 5.33 Å². The van der Waals surface area contributed by atoms with Gasteiger partial charge in [-0.25, -0.2) is 0 Å². The van der Waals surface area contributed by atoms with Crippen LogP contribution in [0.2, 0.25) is 0 Å². The zero-order chi connectivity index (χ0) is 8.97. The highest BCUT2D eigenvalue weighted by molar-refractivity contribution is 9.09. The number of benzene rings is 1. The van der Waals surface area contributed by atoms with Gasteiger partial charge in [0.1, 0.15) is 0 Å². The highest BCUT2D eigenvalue weighted by Gasteiger charge is 2.02. The molecule has 12 heavy (non-hydrogen) atoms. The highest BCUT2D eigenvalue weighted by atomic mass is 79.9. The quantitative estimate of drug-likeness (QED) is 0.573. The maximum atomic E-state index is 11.3. The van der Waals surface area contributed by atoms with E-state index in [0.29, 0.717) is 6.42 Å². The predicted octanol–water partition coefficient (Wildman–Crippen LogP) is 2.96. The third-order valence-corrected chi connectivity index (χ3v) is 2.09. The van der Waals surface area contributed by atoms with E-state index in [1.54, 1.807) is 0 Å². The molecule has 0 aliphatic rings. The van der Waals surface area contributed by atoms with Crippen LogP contribution in [0.5, 0.6) is 0 Å². The van der Waals surface area contributed by atoms with E-state index in [-0.39, 0.29) is 5.78 Å². The third-order valence-electron chi connectivity index (χ3n) is 1.70. The molecule has 0 atom stereocenters. The minimum atomic E-state index is 0.201. The third kappa shape index (κ3) is 2.45. The van der Waals surface area contributed by atoms with Gasteiger partial charge >= 0.3 is 0 Å². The van der Waals surface area contributed by atoms with Crippen LogP contribution in [-0.2, 0) is 0 Å². The summed E-state index contributed by atoms with van der Waals surface area (Å²) in [7, 11) is 0. The number of aryl methyl sites for hydroxylation is 1. The molecule has 0 spiro atoms. The Morgan fingerprint density at radius 2 is 1.92 bits per heavy atom. The van der Waals surface area contributed by atoms with Gasteiger partial charge in [-0.3, -0.25) is 4.79 Å². The maximum Gasteiger partial charge on any atom is 0.163 e. The summed E-state index contributed by atoms with van der Waals surface area (Å²) in [4.78, 5) is 11.3. The van der Waals surface area contributed by atoms with Crippen LogP contribution in [0.4, 0.5) is 0 Å². The molecule has 0 N–H and O–H groups in total. The van der Waals surface area contributed by atoms with E-state index in [9.17, 15) is 4.79 Å². The summed E-state index contributed by atoms with van der Waals surface area (Å²) in [5, 5.41) is 0.736. The van der Waals surface area contributed by atoms with Crippen LogP contribution in [-0.4, -0.2) is 11.1 Å². The fraction of sp³-hybridized carbons (Fsp3) is 0.300. The van der Waals surface area contributed by atoms with Crippen molar-refractivity contribution in [2.45, 2.75) is 13.3 Å². The van der Waals surface area contributed by atoms with Gasteiger partial charge in [0.25, 0.3) is 0 Å². The van der Waals surface area contributed by atoms with Gasteiger partial charge < -0.3 is 0 Å². The molecule has 1 aromatic rings. The SMILES string of the molecule is Cc1ccc(C(=O)CCBr)cc1. The smallest absolute Gasteiger partial charge is 0.163 e. The van der Waals surface area contributed by atoms with Crippen molar-refractivity contribution < 1.29 is 4.79 Å². The van der Waals surface area contributed by atoms with Gasteiger partial charge in [-0.05, 0) is 6.92 Å². The lowest BCUT2D eigenvalue weighted by Gasteiger charge is -1.98. The van der Waals surface area contributed by atoms with Crippen LogP contribution >= 0.6 is 15.9 Å². The molecular weight excluding hydrogens is 216 g/mol. The first-order chi connectivity index (χ1) is 5.74. The van der Waals surface area contributed by atoms with Crippen molar-refractivity contribution in [1.82, 2.24) is 0 Å². The molecule has 0 fully saturated rings. The number of ketones is 1. The number of carbonyl (C=O) groups excluding carboxylic acids is 1. The molecule has 0 amide bonds. The molecule has 0 saturated heterocycles. The van der Waals surface area contributed by atoms with Crippen molar-refractivity contribution in [2.24, 2.45) is 0 Å². The summed E-state index contributed by atoms with van der Waals surface area (Å²) in [5.41, 5.74) is 1.99. The number of halogens is 1. The number of carbonyl (C=O) groups is 1. The van der Waals surface area contributed by atoms with Crippen LogP contribution in [0.15, 0.2) is 24.3 Å². The van der Waals surface area contributed by atoms with Crippen LogP contribution in [0.1, 0.15) is 22.3 Å². The van der Waals surface area contributed by atoms with E-state index in [0.717, 1.165) is 10.9 Å². The summed E-state index contributed by atoms with van der Waals surface area (Å²) >= 11 is 3.24. The summed E-state index contributed by atoms with van der Waals surface area (Å²) in [6.45, 7) is 2.01. The molecule has 0 unspecified atom stereocenters. The molecule has 1 aromatic carbocycles. The van der Waals surface area contributed by atoms with Crippen LogP contribution < -0.4 is 0 Å². The standard InChI is InChI=1S/C10H11BrO/c1-8-2-4-9(5-3-8)10(12)6-7-11/h2-5H,6-7H2,1H3. The molecule has 0 radical (unpaired) electrons. The summed E-state index contributed by atoms with van der Waals surface area (Å²) in [6.07, 6.45) is 0.572. The fourth-order valence-corrected chi connectivity index (χ4v) is 1.33. The van der Waals surface area contributed by atoms with Crippen molar-refractivity contribution in [1.29, 1.82) is 0 Å². The van der Waals surface area contributed by atoms with Crippen molar-refractivity contribution in [3.8, 4) is 0 Å². The molecule has 0 bridgehead atoms. The van der Waals surface area contributed by atoms with Gasteiger partial charge in [-0.15, -0.1) is 0 Å². The van der Waals surface area contributed by atoms with Crippen molar-refractivity contribution in [3.05, 3.63) is 35.4 Å². The van der Waals surface area contributed by atoms with Gasteiger partial charge in [0.15, 0.2) is 5.78 Å². The van der Waals surface area contributed by atoms with Gasteiger partial charge in [0.05, 0.1) is 0 Å². The zero-order valence-electron chi connectivity index (χ0n) is 7.01. The first-order valence-corrected chi connectivity index (χ1v) is 5.02. The summed E-state index contributed by atoms with van der Waals surface area (Å²) < 4.78 is 0. The first-order valence-electron chi connectivity index (χ1n) is 3.90. The highest BCUT2D eigenvalue weighted by Crippen LogP contribution is 2.06. The molecule has 1 nitrogen and oxygen atoms in total. The minimum Gasteiger partial charge on any atom is -0.294 e. The van der Waals surface area contributed by atoms with Crippen LogP contribution in [0.25, 0.3) is 0 Å². The van der Waals surface area contributed by atoms with Gasteiger partial charge in [-0.2, -0.15) is 0 Å². The molecule has 0 heterocycles. The first kappa shape index (κ1) is 9.46. The molecule has 2 heteroatoms. The lowest BCUT2D eigenvalue weighted by atomic mass is 10.1. The Bertz CT molecular complexity index is 264. The largest absolute Gasteiger partial charge is 0.294 e. The Kier molecular flexibility index (Phi) is 3.48. The predicted molar refractivity (Wildman–Crippen MR) is 53.9 cm³/mol. The van der Waals surface area contributed by atoms with E-state index >= 15 is 0 Å². The normalized spacial score (nSPS) is 9.83. The fourth-order valence-electron chi connectivity index (χ4n) is 0.970. The minimum absolute atomic E-state index is 0.201. The van der Waals surface area contributed by atoms with E-state index < -0.39 is 0 Å². The number of alkyl halides is 1. The molecule has 64 valence electrons. The Labute approximate surface area is 80.9 Å². The van der Waals surface area contributed by atoms with Gasteiger partial charge in [0.2, 0.25) is 0 Å². The Balaban J connectivity index is 2.75. The zero-order valence-corrected chi connectivity index (χ0v) is 8.60. The second-order valence-corrected chi connectivity index (χ2v) is 3.52. The Hall–Kier alpha value is -0.630. The van der Waals surface area contributed by atoms with E-state index in [1.807, 2.05) is 31.2 Å². The topological polar surface area (TPSA) is 17.1 Å². The molecule has 0 saturated carbocycles. The molecule has 0 aromatic heterocycles. The van der Waals surface area contributed by atoms with Crippen LogP contribution in [0, 0.1) is 6.92 Å². The van der Waals surface area contributed by atoms with Crippen molar-refractivity contribution >= 4 is 21.7 Å². The van der Waals surface area contributed by atoms with Crippen molar-refractivity contribution in [3.63, 3.8) is 0 Å². The van der Waals surface area contributed by atoms with Crippen LogP contribution in [0.3, 0.4) is 0 Å². The number of hydrogen-bond acceptors (Lipinski definition) is 1. The van der Waals surface area contributed by atoms with Gasteiger partial charge in [-0.1, -0.05) is 45.8 Å².